The smallest absolute Gasteiger partial charge is 0.407 e. The van der Waals surface area contributed by atoms with Gasteiger partial charge in [-0.15, -0.1) is 0 Å². The first-order chi connectivity index (χ1) is 16.1. The quantitative estimate of drug-likeness (QED) is 0.598. The molecular weight excluding hydrogens is 432 g/mol. The maximum Gasteiger partial charge on any atom is 0.407 e. The van der Waals surface area contributed by atoms with Gasteiger partial charge in [-0.2, -0.15) is 0 Å². The van der Waals surface area contributed by atoms with Crippen molar-refractivity contribution >= 4 is 23.0 Å². The third-order valence-electron chi connectivity index (χ3n) is 5.91. The number of rotatable bonds is 3. The number of nitrogens with one attached hydrogen (secondary N) is 1. The fourth-order valence-corrected chi connectivity index (χ4v) is 4.21. The Bertz CT molecular complexity index is 1270. The van der Waals surface area contributed by atoms with E-state index >= 15 is 0 Å². The molecule has 2 aromatic carbocycles. The van der Waals surface area contributed by atoms with Crippen LogP contribution in [0.5, 0.6) is 0 Å². The van der Waals surface area contributed by atoms with E-state index in [-0.39, 0.29) is 17.4 Å². The van der Waals surface area contributed by atoms with Crippen LogP contribution in [-0.4, -0.2) is 41.6 Å². The van der Waals surface area contributed by atoms with Gasteiger partial charge in [0.05, 0.1) is 10.9 Å². The van der Waals surface area contributed by atoms with Crippen LogP contribution in [0.15, 0.2) is 57.7 Å². The van der Waals surface area contributed by atoms with E-state index < -0.39 is 11.7 Å². The van der Waals surface area contributed by atoms with Crippen LogP contribution in [0, 0.1) is 6.92 Å². The normalized spacial score (nSPS) is 14.8. The number of alkyl carbamates (subject to hydrolysis) is 1. The van der Waals surface area contributed by atoms with Crippen LogP contribution < -0.4 is 10.7 Å². The average molecular weight is 463 g/mol. The number of ether oxygens (including phenoxy) is 1. The number of piperidine rings is 1. The second-order valence-electron chi connectivity index (χ2n) is 9.65. The van der Waals surface area contributed by atoms with Gasteiger partial charge in [0, 0.05) is 30.3 Å². The molecule has 7 nitrogen and oxygen atoms in total. The van der Waals surface area contributed by atoms with Gasteiger partial charge >= 0.3 is 6.09 Å². The summed E-state index contributed by atoms with van der Waals surface area (Å²) in [7, 11) is 0. The Morgan fingerprint density at radius 3 is 2.35 bits per heavy atom. The maximum absolute atomic E-state index is 13.4. The van der Waals surface area contributed by atoms with Gasteiger partial charge in [-0.05, 0) is 52.7 Å². The van der Waals surface area contributed by atoms with Gasteiger partial charge in [0.1, 0.15) is 11.4 Å². The van der Waals surface area contributed by atoms with Crippen LogP contribution in [0.1, 0.15) is 49.5 Å². The van der Waals surface area contributed by atoms with Gasteiger partial charge < -0.3 is 19.4 Å². The fraction of sp³-hybridized carbons (Fsp3) is 0.370. The van der Waals surface area contributed by atoms with E-state index in [1.54, 1.807) is 30.0 Å². The van der Waals surface area contributed by atoms with E-state index in [4.69, 9.17) is 9.15 Å². The predicted octanol–water partition coefficient (Wildman–Crippen LogP) is 4.90. The minimum atomic E-state index is -0.560. The van der Waals surface area contributed by atoms with Crippen molar-refractivity contribution in [3.8, 4) is 11.3 Å². The summed E-state index contributed by atoms with van der Waals surface area (Å²) < 4.78 is 11.5. The summed E-state index contributed by atoms with van der Waals surface area (Å²) >= 11 is 0. The number of nitrogens with zero attached hydrogens (tertiary/aromatic N) is 1. The molecular formula is C27H30N2O5. The molecule has 0 unspecified atom stereocenters. The molecule has 1 N–H and O–H groups in total. The molecule has 34 heavy (non-hydrogen) atoms. The number of carbonyl (C=O) groups excluding carboxylic acids is 2. The predicted molar refractivity (Wildman–Crippen MR) is 131 cm³/mol. The second kappa shape index (κ2) is 9.33. The zero-order valence-corrected chi connectivity index (χ0v) is 20.0. The van der Waals surface area contributed by atoms with Gasteiger partial charge in [-0.25, -0.2) is 4.79 Å². The summed E-state index contributed by atoms with van der Waals surface area (Å²) in [5.74, 6) is 0.283. The molecule has 1 aliphatic heterocycles. The van der Waals surface area contributed by atoms with Crippen molar-refractivity contribution < 1.29 is 18.7 Å². The zero-order chi connectivity index (χ0) is 24.5. The fourth-order valence-electron chi connectivity index (χ4n) is 4.21. The Morgan fingerprint density at radius 1 is 1.03 bits per heavy atom. The lowest BCUT2D eigenvalue weighted by Crippen LogP contribution is -2.47. The van der Waals surface area contributed by atoms with Crippen molar-refractivity contribution in [2.45, 2.75) is 52.2 Å². The average Bonchev–Trinajstić information content (AvgIpc) is 2.80. The highest BCUT2D eigenvalue weighted by atomic mass is 16.6. The summed E-state index contributed by atoms with van der Waals surface area (Å²) in [6.07, 6.45) is 0.791. The van der Waals surface area contributed by atoms with Crippen molar-refractivity contribution in [1.29, 1.82) is 0 Å². The van der Waals surface area contributed by atoms with Crippen molar-refractivity contribution in [3.63, 3.8) is 0 Å². The zero-order valence-electron chi connectivity index (χ0n) is 20.0. The van der Waals surface area contributed by atoms with Crippen LogP contribution in [0.2, 0.25) is 0 Å². The van der Waals surface area contributed by atoms with Crippen LogP contribution >= 0.6 is 0 Å². The second-order valence-corrected chi connectivity index (χ2v) is 9.65. The minimum absolute atomic E-state index is 0.0586. The molecule has 0 atom stereocenters. The Hall–Kier alpha value is -3.61. The van der Waals surface area contributed by atoms with E-state index in [9.17, 15) is 14.4 Å². The standard InChI is InChI=1S/C27H30N2O5/c1-17-22(30)20-11-8-12-21(24(20)33-23(17)18-9-6-5-7-10-18)25(31)29-15-13-19(14-16-29)28-26(32)34-27(2,3)4/h5-12,19H,13-16H2,1-4H3,(H,28,32). The third kappa shape index (κ3) is 4.98. The monoisotopic (exact) mass is 462 g/mol. The van der Waals surface area contributed by atoms with Gasteiger partial charge in [-0.1, -0.05) is 36.4 Å². The molecule has 7 heteroatoms. The first-order valence-electron chi connectivity index (χ1n) is 11.5. The van der Waals surface area contributed by atoms with Crippen molar-refractivity contribution in [1.82, 2.24) is 10.2 Å². The maximum atomic E-state index is 13.4. The van der Waals surface area contributed by atoms with Gasteiger partial charge in [0.15, 0.2) is 11.0 Å². The van der Waals surface area contributed by atoms with Crippen molar-refractivity contribution in [2.75, 3.05) is 13.1 Å². The molecule has 0 aliphatic carbocycles. The SMILES string of the molecule is Cc1c(-c2ccccc2)oc2c(C(=O)N3CCC(NC(=O)OC(C)(C)C)CC3)cccc2c1=O. The lowest BCUT2D eigenvalue weighted by atomic mass is 10.0. The number of fused-ring (bicyclic) bond motifs is 1. The van der Waals surface area contributed by atoms with Gasteiger partial charge in [-0.3, -0.25) is 9.59 Å². The number of amides is 2. The van der Waals surface area contributed by atoms with Crippen molar-refractivity contribution in [2.24, 2.45) is 0 Å². The number of hydrogen-bond donors (Lipinski definition) is 1. The lowest BCUT2D eigenvalue weighted by Gasteiger charge is -2.33. The molecule has 0 saturated carbocycles. The Morgan fingerprint density at radius 2 is 1.71 bits per heavy atom. The number of carbonyl (C=O) groups is 2. The van der Waals surface area contributed by atoms with Crippen LogP contribution in [-0.2, 0) is 4.74 Å². The van der Waals surface area contributed by atoms with Crippen molar-refractivity contribution in [3.05, 3.63) is 69.9 Å². The van der Waals surface area contributed by atoms with E-state index in [2.05, 4.69) is 5.32 Å². The van der Waals surface area contributed by atoms with Crippen LogP contribution in [0.25, 0.3) is 22.3 Å². The molecule has 1 saturated heterocycles. The largest absolute Gasteiger partial charge is 0.455 e. The van der Waals surface area contributed by atoms with Gasteiger partial charge in [0.2, 0.25) is 0 Å². The summed E-state index contributed by atoms with van der Waals surface area (Å²) in [5, 5.41) is 3.28. The summed E-state index contributed by atoms with van der Waals surface area (Å²) in [6, 6.07) is 14.5. The molecule has 4 rings (SSSR count). The molecule has 3 aromatic rings. The summed E-state index contributed by atoms with van der Waals surface area (Å²) in [6.45, 7) is 8.17. The third-order valence-corrected chi connectivity index (χ3v) is 5.91. The first kappa shape index (κ1) is 23.5. The molecule has 0 radical (unpaired) electrons. The highest BCUT2D eigenvalue weighted by Crippen LogP contribution is 2.28. The van der Waals surface area contributed by atoms with E-state index in [1.165, 1.54) is 0 Å². The summed E-state index contributed by atoms with van der Waals surface area (Å²) in [4.78, 5) is 40.3. The Labute approximate surface area is 198 Å². The Balaban J connectivity index is 1.56. The number of benzene rings is 2. The molecule has 0 spiro atoms. The van der Waals surface area contributed by atoms with Crippen LogP contribution in [0.3, 0.4) is 0 Å². The first-order valence-corrected chi connectivity index (χ1v) is 11.5. The highest BCUT2D eigenvalue weighted by molar-refractivity contribution is 6.05. The number of para-hydroxylation sites is 1. The van der Waals surface area contributed by atoms with E-state index in [0.29, 0.717) is 53.8 Å². The molecule has 2 amide bonds. The summed E-state index contributed by atoms with van der Waals surface area (Å²) in [5.41, 5.74) is 1.26. The molecule has 2 heterocycles. The molecule has 1 aromatic heterocycles. The van der Waals surface area contributed by atoms with Gasteiger partial charge in [0.25, 0.3) is 5.91 Å². The lowest BCUT2D eigenvalue weighted by molar-refractivity contribution is 0.0474. The topological polar surface area (TPSA) is 88.8 Å². The Kier molecular flexibility index (Phi) is 6.46. The number of likely N-dealkylation sites (tertiary alicyclic amines) is 1. The molecule has 0 bridgehead atoms. The van der Waals surface area contributed by atoms with E-state index in [1.807, 2.05) is 51.1 Å². The molecule has 1 fully saturated rings. The minimum Gasteiger partial charge on any atom is -0.455 e. The number of hydrogen-bond acceptors (Lipinski definition) is 5. The van der Waals surface area contributed by atoms with E-state index in [0.717, 1.165) is 5.56 Å². The van der Waals surface area contributed by atoms with Crippen LogP contribution in [0.4, 0.5) is 4.79 Å². The molecule has 178 valence electrons. The highest BCUT2D eigenvalue weighted by Gasteiger charge is 2.28. The molecule has 1 aliphatic rings.